The first-order chi connectivity index (χ1) is 12.3. The van der Waals surface area contributed by atoms with Crippen molar-refractivity contribution in [3.05, 3.63) is 53.9 Å². The second-order valence-corrected chi connectivity index (χ2v) is 8.07. The van der Waals surface area contributed by atoms with Gasteiger partial charge in [-0.2, -0.15) is 8.87 Å². The molecule has 1 heterocycles. The van der Waals surface area contributed by atoms with Crippen LogP contribution in [0.2, 0.25) is 0 Å². The molecule has 140 valence electrons. The highest BCUT2D eigenvalue weighted by Gasteiger charge is 2.24. The normalized spacial score (nSPS) is 11.6. The van der Waals surface area contributed by atoms with Gasteiger partial charge in [0.2, 0.25) is 16.6 Å². The fourth-order valence-corrected chi connectivity index (χ4v) is 4.37. The lowest BCUT2D eigenvalue weighted by atomic mass is 10.2. The molecular formula is C19H26N3O3S+. The molecule has 0 saturated heterocycles. The second kappa shape index (κ2) is 8.42. The van der Waals surface area contributed by atoms with Crippen LogP contribution in [0.15, 0.2) is 47.6 Å². The van der Waals surface area contributed by atoms with E-state index in [1.54, 1.807) is 37.5 Å². The molecule has 2 aromatic rings. The monoisotopic (exact) mass is 376 g/mol. The maximum absolute atomic E-state index is 12.8. The number of sulfonamides is 1. The van der Waals surface area contributed by atoms with Crippen LogP contribution in [0.4, 0.5) is 5.69 Å². The lowest BCUT2D eigenvalue weighted by Crippen LogP contribution is -2.39. The van der Waals surface area contributed by atoms with Crippen LogP contribution in [0.3, 0.4) is 0 Å². The molecule has 0 unspecified atom stereocenters. The van der Waals surface area contributed by atoms with Gasteiger partial charge >= 0.3 is 0 Å². The van der Waals surface area contributed by atoms with Gasteiger partial charge < -0.3 is 5.32 Å². The molecule has 0 saturated carbocycles. The van der Waals surface area contributed by atoms with E-state index >= 15 is 0 Å². The SMILES string of the molecule is CCN(CC)S(=O)(=O)c1cc(NC(=O)C[n+]2ccc(C)cc2)ccc1C. The van der Waals surface area contributed by atoms with E-state index in [0.717, 1.165) is 5.56 Å². The number of anilines is 1. The van der Waals surface area contributed by atoms with Gasteiger partial charge in [0.15, 0.2) is 12.4 Å². The average Bonchev–Trinajstić information content (AvgIpc) is 2.59. The Morgan fingerprint density at radius 1 is 1.08 bits per heavy atom. The number of aromatic nitrogens is 1. The minimum Gasteiger partial charge on any atom is -0.321 e. The van der Waals surface area contributed by atoms with Crippen molar-refractivity contribution in [2.45, 2.75) is 39.1 Å². The second-order valence-electron chi connectivity index (χ2n) is 6.17. The number of rotatable bonds is 7. The topological polar surface area (TPSA) is 70.4 Å². The van der Waals surface area contributed by atoms with E-state index in [9.17, 15) is 13.2 Å². The summed E-state index contributed by atoms with van der Waals surface area (Å²) in [5.41, 5.74) is 2.24. The number of nitrogens with zero attached hydrogens (tertiary/aromatic N) is 2. The Kier molecular flexibility index (Phi) is 6.50. The summed E-state index contributed by atoms with van der Waals surface area (Å²) in [4.78, 5) is 12.5. The predicted octanol–water partition coefficient (Wildman–Crippen LogP) is 2.26. The zero-order valence-electron chi connectivity index (χ0n) is 15.7. The Labute approximate surface area is 155 Å². The highest BCUT2D eigenvalue weighted by molar-refractivity contribution is 7.89. The van der Waals surface area contributed by atoms with Crippen molar-refractivity contribution in [1.29, 1.82) is 0 Å². The Hall–Kier alpha value is -2.25. The highest BCUT2D eigenvalue weighted by atomic mass is 32.2. The summed E-state index contributed by atoms with van der Waals surface area (Å²) in [6.45, 7) is 8.31. The van der Waals surface area contributed by atoms with Crippen LogP contribution < -0.4 is 9.88 Å². The number of carbonyl (C=O) groups excluding carboxylic acids is 1. The Balaban J connectivity index is 2.21. The first-order valence-corrected chi connectivity index (χ1v) is 10.1. The van der Waals surface area contributed by atoms with Gasteiger partial charge in [0.1, 0.15) is 0 Å². The number of hydrogen-bond acceptors (Lipinski definition) is 3. The van der Waals surface area contributed by atoms with Gasteiger partial charge in [-0.05, 0) is 37.1 Å². The zero-order chi connectivity index (χ0) is 19.3. The van der Waals surface area contributed by atoms with Crippen molar-refractivity contribution in [3.8, 4) is 0 Å². The highest BCUT2D eigenvalue weighted by Crippen LogP contribution is 2.23. The molecule has 0 aliphatic rings. The third-order valence-electron chi connectivity index (χ3n) is 4.18. The molecule has 1 amide bonds. The molecule has 1 aromatic heterocycles. The fourth-order valence-electron chi connectivity index (χ4n) is 2.66. The Bertz CT molecular complexity index is 873. The standard InChI is InChI=1S/C19H25N3O3S/c1-5-22(6-2)26(24,25)18-13-17(8-7-16(18)4)20-19(23)14-21-11-9-15(3)10-12-21/h7-13H,5-6,14H2,1-4H3/p+1. The average molecular weight is 377 g/mol. The van der Waals surface area contributed by atoms with Crippen molar-refractivity contribution in [2.24, 2.45) is 0 Å². The summed E-state index contributed by atoms with van der Waals surface area (Å²) in [5, 5.41) is 2.78. The first kappa shape index (κ1) is 20.1. The molecule has 6 nitrogen and oxygen atoms in total. The van der Waals surface area contributed by atoms with Gasteiger partial charge in [0.25, 0.3) is 5.91 Å². The number of benzene rings is 1. The van der Waals surface area contributed by atoms with Crippen LogP contribution in [0.5, 0.6) is 0 Å². The number of carbonyl (C=O) groups is 1. The van der Waals surface area contributed by atoms with E-state index in [1.807, 2.05) is 31.5 Å². The van der Waals surface area contributed by atoms with Gasteiger partial charge in [-0.3, -0.25) is 4.79 Å². The van der Waals surface area contributed by atoms with Gasteiger partial charge in [0, 0.05) is 30.9 Å². The van der Waals surface area contributed by atoms with E-state index < -0.39 is 10.0 Å². The molecule has 1 aromatic carbocycles. The molecule has 26 heavy (non-hydrogen) atoms. The minimum absolute atomic E-state index is 0.159. The summed E-state index contributed by atoms with van der Waals surface area (Å²) in [5.74, 6) is -0.214. The van der Waals surface area contributed by atoms with Crippen LogP contribution >= 0.6 is 0 Å². The number of nitrogens with one attached hydrogen (secondary N) is 1. The molecule has 0 fully saturated rings. The van der Waals surface area contributed by atoms with Gasteiger partial charge in [0.05, 0.1) is 4.90 Å². The number of amides is 1. The van der Waals surface area contributed by atoms with Crippen molar-refractivity contribution < 1.29 is 17.8 Å². The molecule has 0 radical (unpaired) electrons. The zero-order valence-corrected chi connectivity index (χ0v) is 16.5. The molecule has 0 aliphatic heterocycles. The van der Waals surface area contributed by atoms with Gasteiger partial charge in [-0.15, -0.1) is 0 Å². The van der Waals surface area contributed by atoms with Gasteiger partial charge in [-0.1, -0.05) is 19.9 Å². The Morgan fingerprint density at radius 3 is 2.27 bits per heavy atom. The summed E-state index contributed by atoms with van der Waals surface area (Å²) < 4.78 is 28.7. The Morgan fingerprint density at radius 2 is 1.69 bits per heavy atom. The van der Waals surface area contributed by atoms with Crippen molar-refractivity contribution >= 4 is 21.6 Å². The third kappa shape index (κ3) is 4.68. The van der Waals surface area contributed by atoms with Crippen LogP contribution in [-0.2, 0) is 21.4 Å². The van der Waals surface area contributed by atoms with E-state index in [2.05, 4.69) is 5.32 Å². The van der Waals surface area contributed by atoms with Crippen LogP contribution in [0.25, 0.3) is 0 Å². The summed E-state index contributed by atoms with van der Waals surface area (Å²) in [6, 6.07) is 8.81. The maximum Gasteiger partial charge on any atom is 0.290 e. The summed E-state index contributed by atoms with van der Waals surface area (Å²) >= 11 is 0. The quantitative estimate of drug-likeness (QED) is 0.754. The molecule has 7 heteroatoms. The number of hydrogen-bond donors (Lipinski definition) is 1. The van der Waals surface area contributed by atoms with Crippen molar-refractivity contribution in [2.75, 3.05) is 18.4 Å². The minimum atomic E-state index is -3.58. The molecule has 2 rings (SSSR count). The molecule has 0 bridgehead atoms. The third-order valence-corrected chi connectivity index (χ3v) is 6.37. The number of aryl methyl sites for hydroxylation is 2. The molecule has 0 spiro atoms. The lowest BCUT2D eigenvalue weighted by Gasteiger charge is -2.20. The van der Waals surface area contributed by atoms with E-state index in [4.69, 9.17) is 0 Å². The van der Waals surface area contributed by atoms with Crippen LogP contribution in [-0.4, -0.2) is 31.7 Å². The fraction of sp³-hybridized carbons (Fsp3) is 0.368. The molecular weight excluding hydrogens is 350 g/mol. The van der Waals surface area contributed by atoms with E-state index in [-0.39, 0.29) is 17.3 Å². The van der Waals surface area contributed by atoms with E-state index in [0.29, 0.717) is 24.3 Å². The molecule has 1 N–H and O–H groups in total. The predicted molar refractivity (Wildman–Crippen MR) is 101 cm³/mol. The van der Waals surface area contributed by atoms with Crippen molar-refractivity contribution in [3.63, 3.8) is 0 Å². The summed E-state index contributed by atoms with van der Waals surface area (Å²) in [6.07, 6.45) is 3.67. The van der Waals surface area contributed by atoms with Crippen LogP contribution in [0, 0.1) is 13.8 Å². The molecule has 0 atom stereocenters. The lowest BCUT2D eigenvalue weighted by molar-refractivity contribution is -0.684. The first-order valence-electron chi connectivity index (χ1n) is 8.64. The number of pyridine rings is 1. The largest absolute Gasteiger partial charge is 0.321 e. The van der Waals surface area contributed by atoms with Gasteiger partial charge in [-0.25, -0.2) is 8.42 Å². The van der Waals surface area contributed by atoms with E-state index in [1.165, 1.54) is 10.4 Å². The van der Waals surface area contributed by atoms with Crippen molar-refractivity contribution in [1.82, 2.24) is 4.31 Å². The smallest absolute Gasteiger partial charge is 0.290 e. The summed E-state index contributed by atoms with van der Waals surface area (Å²) in [7, 11) is -3.58. The molecule has 0 aliphatic carbocycles. The van der Waals surface area contributed by atoms with Crippen LogP contribution in [0.1, 0.15) is 25.0 Å². The maximum atomic E-state index is 12.8.